The van der Waals surface area contributed by atoms with Crippen molar-refractivity contribution >= 4 is 0 Å². The average Bonchev–Trinajstić information content (AvgIpc) is 3.51. The molecular weight excluding hydrogens is 1120 g/mol. The minimum atomic E-state index is -1.50. The summed E-state index contributed by atoms with van der Waals surface area (Å²) in [7, 11) is 0. The van der Waals surface area contributed by atoms with Crippen LogP contribution in [0.25, 0.3) is 44.9 Å². The summed E-state index contributed by atoms with van der Waals surface area (Å²) in [5, 5.41) is 0. The summed E-state index contributed by atoms with van der Waals surface area (Å²) < 4.78 is 18.2. The molecule has 9 aliphatic carbocycles. The number of hydrogen-bond donors (Lipinski definition) is 0. The summed E-state index contributed by atoms with van der Waals surface area (Å²) in [6, 6.07) is 64.6. The van der Waals surface area contributed by atoms with Crippen LogP contribution in [0.1, 0.15) is 137 Å². The predicted molar refractivity (Wildman–Crippen MR) is 319 cm³/mol. The second-order valence-electron chi connectivity index (χ2n) is 25.3. The summed E-state index contributed by atoms with van der Waals surface area (Å²) in [5.74, 6) is 0. The van der Waals surface area contributed by atoms with Gasteiger partial charge in [-0.3, -0.25) is 0 Å². The fourth-order valence-electron chi connectivity index (χ4n) is 11.8. The Balaban J connectivity index is 0.00000720. The molecule has 0 atom stereocenters. The number of hydrogen-bond acceptors (Lipinski definition) is 3. The van der Waals surface area contributed by atoms with E-state index >= 15 is 0 Å². The number of aryl methyl sites for hydroxylation is 6. The quantitative estimate of drug-likeness (QED) is 0.162. The molecule has 0 amide bonds. The molecule has 0 radical (unpaired) electrons. The van der Waals surface area contributed by atoms with E-state index in [0.717, 1.165) is 108 Å². The Labute approximate surface area is 482 Å². The standard InChI is InChI=1S/C74H74N3.Ir/c1-71(2,3)43-52-18-21-59(22-19-52)67-42-70-62-28-30-64(31-29-62)72(4,5)44-56-37-53-12-10-50-14-23-60(24-15-50)68-34-32-65(48-76-68)73(6,7)45-57-39-55(20-27-63(67)47-75-70)40-58(41-57)46-74(8,9)66-33-35-69(77-49-66)61-25-16-51(17-26-61)11-13-54(36-53)38-56;/h14-19,21-23,25,28,30-42,47-49H,10-13,20,27,43-46H2,1-9H3;/q-3;+3/i43D2;. The number of rotatable bonds is 2. The third-order valence-corrected chi connectivity index (χ3v) is 16.2. The van der Waals surface area contributed by atoms with Crippen molar-refractivity contribution in [1.82, 2.24) is 15.0 Å². The van der Waals surface area contributed by atoms with E-state index in [-0.39, 0.29) is 36.4 Å². The van der Waals surface area contributed by atoms with Crippen LogP contribution in [0.2, 0.25) is 0 Å². The maximum atomic E-state index is 9.08. The van der Waals surface area contributed by atoms with E-state index < -0.39 is 11.8 Å². The molecule has 3 nitrogen and oxygen atoms in total. The van der Waals surface area contributed by atoms with Gasteiger partial charge in [-0.15, -0.1) is 106 Å². The zero-order valence-corrected chi connectivity index (χ0v) is 49.5. The third kappa shape index (κ3) is 12.8. The van der Waals surface area contributed by atoms with Crippen LogP contribution >= 0.6 is 0 Å². The van der Waals surface area contributed by atoms with Gasteiger partial charge in [0.2, 0.25) is 0 Å². The Morgan fingerprint density at radius 1 is 0.423 bits per heavy atom. The first-order chi connectivity index (χ1) is 37.6. The van der Waals surface area contributed by atoms with Crippen LogP contribution in [0.4, 0.5) is 0 Å². The van der Waals surface area contributed by atoms with E-state index in [1.165, 1.54) is 61.2 Å². The first-order valence-electron chi connectivity index (χ1n) is 29.0. The second-order valence-corrected chi connectivity index (χ2v) is 25.3. The smallest absolute Gasteiger partial charge is 0.304 e. The van der Waals surface area contributed by atoms with Crippen molar-refractivity contribution in [2.45, 2.75) is 143 Å². The molecule has 4 heteroatoms. The molecule has 18 aliphatic heterocycles. The average molecular weight is 1200 g/mol. The van der Waals surface area contributed by atoms with Crippen LogP contribution < -0.4 is 0 Å². The summed E-state index contributed by atoms with van der Waals surface area (Å²) >= 11 is 0. The van der Waals surface area contributed by atoms with Gasteiger partial charge in [-0.1, -0.05) is 166 Å². The molecule has 3 aromatic heterocycles. The maximum absolute atomic E-state index is 9.08. The van der Waals surface area contributed by atoms with E-state index in [0.29, 0.717) is 5.56 Å². The van der Waals surface area contributed by atoms with Gasteiger partial charge in [0, 0.05) is 21.3 Å². The summed E-state index contributed by atoms with van der Waals surface area (Å²) in [6.07, 6.45) is 12.6. The number of nitrogens with zero attached hydrogens (tertiary/aromatic N) is 3. The van der Waals surface area contributed by atoms with Gasteiger partial charge in [-0.25, -0.2) is 0 Å². The molecule has 0 saturated heterocycles. The van der Waals surface area contributed by atoms with E-state index in [1.807, 2.05) is 32.9 Å². The molecule has 0 unspecified atom stereocenters. The Morgan fingerprint density at radius 3 is 1.28 bits per heavy atom. The SMILES string of the molecule is [2H]C([2H])(c1ccc(-c2cc3ncc2CCc2cc4cc(c2)CC(C)(C)c2ccc(nc2)-c2[c-]cc(cc2)CCc2cc(cc(c2)CC(C)(C)c2c[c-]c-3cc2)CCc2c[c-]c(cc2)-c2ccc(cn2)C(C)(C)C4)cc1)C(C)(C)C.[Ir+3]. The van der Waals surface area contributed by atoms with Gasteiger partial charge >= 0.3 is 20.1 Å². The van der Waals surface area contributed by atoms with Crippen molar-refractivity contribution in [3.63, 3.8) is 0 Å². The van der Waals surface area contributed by atoms with Crippen LogP contribution in [0.3, 0.4) is 0 Å². The van der Waals surface area contributed by atoms with Gasteiger partial charge in [0.1, 0.15) is 0 Å². The van der Waals surface area contributed by atoms with Gasteiger partial charge in [0.15, 0.2) is 0 Å². The Morgan fingerprint density at radius 2 is 0.833 bits per heavy atom. The van der Waals surface area contributed by atoms with Crippen molar-refractivity contribution in [2.75, 3.05) is 0 Å². The maximum Gasteiger partial charge on any atom is 3.00 e. The van der Waals surface area contributed by atoms with Gasteiger partial charge in [0.25, 0.3) is 0 Å². The molecule has 18 bridgehead atoms. The fourth-order valence-corrected chi connectivity index (χ4v) is 11.8. The topological polar surface area (TPSA) is 38.7 Å². The Kier molecular flexibility index (Phi) is 14.9. The molecule has 78 heavy (non-hydrogen) atoms. The molecule has 0 fully saturated rings. The zero-order valence-electron chi connectivity index (χ0n) is 49.1. The summed E-state index contributed by atoms with van der Waals surface area (Å²) in [5.41, 5.74) is 22.6. The van der Waals surface area contributed by atoms with Crippen LogP contribution in [0, 0.1) is 23.6 Å². The van der Waals surface area contributed by atoms with Gasteiger partial charge < -0.3 is 15.0 Å². The Bertz CT molecular complexity index is 3480. The van der Waals surface area contributed by atoms with Crippen LogP contribution in [-0.2, 0) is 101 Å². The van der Waals surface area contributed by atoms with Gasteiger partial charge in [0.05, 0.1) is 0 Å². The van der Waals surface area contributed by atoms with Crippen LogP contribution in [0.5, 0.6) is 0 Å². The van der Waals surface area contributed by atoms with Crippen LogP contribution in [-0.4, -0.2) is 15.0 Å². The molecule has 0 N–H and O–H groups in total. The molecule has 0 saturated carbocycles. The number of benzene rings is 6. The summed E-state index contributed by atoms with van der Waals surface area (Å²) in [4.78, 5) is 15.3. The normalized spacial score (nSPS) is 16.4. The molecule has 27 aliphatic rings. The molecular formula is C74H74IrN3. The fraction of sp³-hybridized carbons (Fsp3) is 0.311. The molecule has 9 aromatic rings. The van der Waals surface area contributed by atoms with Crippen molar-refractivity contribution in [3.8, 4) is 44.9 Å². The minimum Gasteiger partial charge on any atom is -0.304 e. The largest absolute Gasteiger partial charge is 3.00 e. The van der Waals surface area contributed by atoms with E-state index in [9.17, 15) is 0 Å². The zero-order chi connectivity index (χ0) is 55.3. The van der Waals surface area contributed by atoms with Crippen molar-refractivity contribution in [1.29, 1.82) is 0 Å². The second kappa shape index (κ2) is 22.3. The number of aromatic nitrogens is 3. The Hall–Kier alpha value is -6.58. The van der Waals surface area contributed by atoms with Crippen molar-refractivity contribution in [3.05, 3.63) is 255 Å². The monoisotopic (exact) mass is 1200 g/mol. The van der Waals surface area contributed by atoms with Crippen molar-refractivity contribution < 1.29 is 22.8 Å². The molecule has 0 spiro atoms. The molecule has 36 rings (SSSR count). The molecule has 394 valence electrons. The predicted octanol–water partition coefficient (Wildman–Crippen LogP) is 17.1. The third-order valence-electron chi connectivity index (χ3n) is 16.2. The number of pyridine rings is 3. The first kappa shape index (κ1) is 52.1. The first-order valence-corrected chi connectivity index (χ1v) is 28.0. The molecule has 21 heterocycles. The summed E-state index contributed by atoms with van der Waals surface area (Å²) in [6.45, 7) is 20.0. The molecule has 6 aromatic carbocycles. The van der Waals surface area contributed by atoms with Gasteiger partial charge in [-0.05, 0) is 157 Å². The van der Waals surface area contributed by atoms with Crippen LogP contribution in [0.15, 0.2) is 164 Å². The van der Waals surface area contributed by atoms with Crippen molar-refractivity contribution in [2.24, 2.45) is 5.41 Å². The van der Waals surface area contributed by atoms with E-state index in [2.05, 4.69) is 212 Å². The van der Waals surface area contributed by atoms with E-state index in [1.54, 1.807) is 0 Å². The van der Waals surface area contributed by atoms with Gasteiger partial charge in [-0.2, -0.15) is 0 Å². The minimum absolute atomic E-state index is 0. The van der Waals surface area contributed by atoms with E-state index in [4.69, 9.17) is 17.7 Å².